The molecular weight excluding hydrogens is 308 g/mol. The second-order valence-corrected chi connectivity index (χ2v) is 6.08. The molecule has 1 aliphatic rings. The van der Waals surface area contributed by atoms with Gasteiger partial charge in [-0.3, -0.25) is 5.10 Å². The Labute approximate surface area is 141 Å². The Morgan fingerprint density at radius 1 is 1.42 bits per heavy atom. The minimum absolute atomic E-state index is 0.241. The van der Waals surface area contributed by atoms with Crippen LogP contribution in [-0.4, -0.2) is 45.9 Å². The van der Waals surface area contributed by atoms with E-state index in [2.05, 4.69) is 15.2 Å². The number of carbonyl (C=O) groups excluding carboxylic acids is 1. The number of nitrogens with one attached hydrogen (secondary N) is 1. The topological polar surface area (TPSA) is 80.3 Å². The van der Waals surface area contributed by atoms with Crippen LogP contribution in [-0.2, 0) is 16.1 Å². The van der Waals surface area contributed by atoms with Crippen molar-refractivity contribution in [1.29, 1.82) is 0 Å². The number of aromatic amines is 1. The molecule has 0 aliphatic carbocycles. The van der Waals surface area contributed by atoms with Crippen LogP contribution in [0.4, 0.5) is 4.79 Å². The zero-order chi connectivity index (χ0) is 16.9. The van der Waals surface area contributed by atoms with E-state index >= 15 is 0 Å². The van der Waals surface area contributed by atoms with Crippen molar-refractivity contribution in [3.8, 4) is 0 Å². The van der Waals surface area contributed by atoms with Crippen molar-refractivity contribution in [2.24, 2.45) is 0 Å². The van der Waals surface area contributed by atoms with Crippen LogP contribution in [0.15, 0.2) is 30.3 Å². The monoisotopic (exact) mass is 330 g/mol. The zero-order valence-corrected chi connectivity index (χ0v) is 13.9. The van der Waals surface area contributed by atoms with Crippen LogP contribution in [0.2, 0.25) is 0 Å². The third-order valence-electron chi connectivity index (χ3n) is 3.87. The predicted octanol–water partition coefficient (Wildman–Crippen LogP) is 2.64. The molecule has 128 valence electrons. The van der Waals surface area contributed by atoms with Gasteiger partial charge in [0, 0.05) is 12.5 Å². The lowest BCUT2D eigenvalue weighted by atomic mass is 10.2. The number of nitrogens with zero attached hydrogens (tertiary/aromatic N) is 3. The fourth-order valence-corrected chi connectivity index (χ4v) is 2.48. The van der Waals surface area contributed by atoms with Gasteiger partial charge in [-0.15, -0.1) is 0 Å². The minimum atomic E-state index is -0.337. The number of hydrogen-bond donors (Lipinski definition) is 1. The molecule has 7 heteroatoms. The highest BCUT2D eigenvalue weighted by Crippen LogP contribution is 2.21. The number of morpholine rings is 1. The van der Waals surface area contributed by atoms with E-state index in [1.165, 1.54) is 0 Å². The molecule has 1 fully saturated rings. The molecule has 1 N–H and O–H groups in total. The quantitative estimate of drug-likeness (QED) is 0.932. The number of carbonyl (C=O) groups is 1. The maximum absolute atomic E-state index is 12.3. The average Bonchev–Trinajstić information content (AvgIpc) is 3.11. The van der Waals surface area contributed by atoms with Crippen LogP contribution in [0, 0.1) is 0 Å². The van der Waals surface area contributed by atoms with Gasteiger partial charge in [-0.05, 0) is 5.56 Å². The lowest BCUT2D eigenvalue weighted by Gasteiger charge is -2.31. The van der Waals surface area contributed by atoms with Crippen LogP contribution in [0.25, 0.3) is 0 Å². The second-order valence-electron chi connectivity index (χ2n) is 6.08. The van der Waals surface area contributed by atoms with Gasteiger partial charge in [0.25, 0.3) is 0 Å². The Morgan fingerprint density at radius 3 is 2.92 bits per heavy atom. The van der Waals surface area contributed by atoms with Gasteiger partial charge in [0.05, 0.1) is 13.2 Å². The van der Waals surface area contributed by atoms with Crippen molar-refractivity contribution in [2.45, 2.75) is 32.5 Å². The second kappa shape index (κ2) is 7.44. The molecule has 7 nitrogen and oxygen atoms in total. The molecule has 2 heterocycles. The van der Waals surface area contributed by atoms with Gasteiger partial charge in [-0.25, -0.2) is 9.78 Å². The summed E-state index contributed by atoms with van der Waals surface area (Å²) in [6.45, 7) is 5.68. The molecule has 0 spiro atoms. The number of ether oxygens (including phenoxy) is 2. The Morgan fingerprint density at radius 2 is 2.21 bits per heavy atom. The molecule has 3 rings (SSSR count). The number of hydrogen-bond acceptors (Lipinski definition) is 5. The first-order valence-electron chi connectivity index (χ1n) is 8.13. The summed E-state index contributed by atoms with van der Waals surface area (Å²) in [6.07, 6.45) is -0.640. The fraction of sp³-hybridized carbons (Fsp3) is 0.471. The molecular formula is C17H22N4O3. The van der Waals surface area contributed by atoms with E-state index in [9.17, 15) is 4.79 Å². The SMILES string of the molecule is CC(C)c1n[nH]c([C@@H]2CN(C(=O)OCc3ccccc3)CCO2)n1. The van der Waals surface area contributed by atoms with E-state index < -0.39 is 0 Å². The van der Waals surface area contributed by atoms with Crippen molar-refractivity contribution < 1.29 is 14.3 Å². The zero-order valence-electron chi connectivity index (χ0n) is 13.9. The van der Waals surface area contributed by atoms with Crippen LogP contribution in [0.1, 0.15) is 43.1 Å². The number of rotatable bonds is 4. The molecule has 1 amide bonds. The van der Waals surface area contributed by atoms with E-state index in [0.29, 0.717) is 25.5 Å². The predicted molar refractivity (Wildman–Crippen MR) is 87.4 cm³/mol. The first kappa shape index (κ1) is 16.4. The van der Waals surface area contributed by atoms with E-state index in [1.807, 2.05) is 44.2 Å². The lowest BCUT2D eigenvalue weighted by molar-refractivity contribution is -0.0333. The summed E-state index contributed by atoms with van der Waals surface area (Å²) in [6, 6.07) is 9.63. The molecule has 0 radical (unpaired) electrons. The number of amides is 1. The Balaban J connectivity index is 1.57. The summed E-state index contributed by atoms with van der Waals surface area (Å²) in [7, 11) is 0. The van der Waals surface area contributed by atoms with Crippen LogP contribution >= 0.6 is 0 Å². The van der Waals surface area contributed by atoms with Crippen molar-refractivity contribution in [3.63, 3.8) is 0 Å². The molecule has 1 aromatic heterocycles. The third-order valence-corrected chi connectivity index (χ3v) is 3.87. The van der Waals surface area contributed by atoms with Crippen LogP contribution in [0.5, 0.6) is 0 Å². The maximum atomic E-state index is 12.3. The average molecular weight is 330 g/mol. The standard InChI is InChI=1S/C17H22N4O3/c1-12(2)15-18-16(20-19-15)14-10-21(8-9-23-14)17(22)24-11-13-6-4-3-5-7-13/h3-7,12,14H,8-11H2,1-2H3,(H,18,19,20)/t14-/m0/s1. The largest absolute Gasteiger partial charge is 0.445 e. The van der Waals surface area contributed by atoms with Gasteiger partial charge in [0.1, 0.15) is 12.7 Å². The molecule has 1 aliphatic heterocycles. The van der Waals surface area contributed by atoms with E-state index in [1.54, 1.807) is 4.90 Å². The molecule has 1 saturated heterocycles. The Hall–Kier alpha value is -2.41. The van der Waals surface area contributed by atoms with Crippen LogP contribution < -0.4 is 0 Å². The smallest absolute Gasteiger partial charge is 0.410 e. The van der Waals surface area contributed by atoms with Crippen molar-refractivity contribution in [1.82, 2.24) is 20.1 Å². The molecule has 0 bridgehead atoms. The first-order chi connectivity index (χ1) is 11.6. The van der Waals surface area contributed by atoms with E-state index in [4.69, 9.17) is 9.47 Å². The normalized spacial score (nSPS) is 18.0. The van der Waals surface area contributed by atoms with Gasteiger partial charge >= 0.3 is 6.09 Å². The molecule has 24 heavy (non-hydrogen) atoms. The highest BCUT2D eigenvalue weighted by Gasteiger charge is 2.28. The highest BCUT2D eigenvalue weighted by molar-refractivity contribution is 5.67. The summed E-state index contributed by atoms with van der Waals surface area (Å²) in [5.41, 5.74) is 0.965. The molecule has 0 saturated carbocycles. The van der Waals surface area contributed by atoms with Crippen molar-refractivity contribution in [3.05, 3.63) is 47.5 Å². The van der Waals surface area contributed by atoms with E-state index in [-0.39, 0.29) is 24.7 Å². The summed E-state index contributed by atoms with van der Waals surface area (Å²) in [5.74, 6) is 1.64. The van der Waals surface area contributed by atoms with Crippen LogP contribution in [0.3, 0.4) is 0 Å². The molecule has 1 atom stereocenters. The first-order valence-corrected chi connectivity index (χ1v) is 8.13. The molecule has 1 aromatic carbocycles. The summed E-state index contributed by atoms with van der Waals surface area (Å²) >= 11 is 0. The fourth-order valence-electron chi connectivity index (χ4n) is 2.48. The van der Waals surface area contributed by atoms with Gasteiger partial charge in [-0.1, -0.05) is 44.2 Å². The highest BCUT2D eigenvalue weighted by atomic mass is 16.6. The maximum Gasteiger partial charge on any atom is 0.410 e. The van der Waals surface area contributed by atoms with Gasteiger partial charge in [0.15, 0.2) is 11.6 Å². The summed E-state index contributed by atoms with van der Waals surface area (Å²) in [5, 5.41) is 7.10. The molecule has 0 unspecified atom stereocenters. The number of aromatic nitrogens is 3. The minimum Gasteiger partial charge on any atom is -0.445 e. The van der Waals surface area contributed by atoms with E-state index in [0.717, 1.165) is 11.4 Å². The summed E-state index contributed by atoms with van der Waals surface area (Å²) in [4.78, 5) is 18.4. The Bertz CT molecular complexity index is 671. The number of benzene rings is 1. The van der Waals surface area contributed by atoms with Gasteiger partial charge in [0.2, 0.25) is 0 Å². The van der Waals surface area contributed by atoms with Crippen molar-refractivity contribution in [2.75, 3.05) is 19.7 Å². The lowest BCUT2D eigenvalue weighted by Crippen LogP contribution is -2.42. The number of H-pyrrole nitrogens is 1. The van der Waals surface area contributed by atoms with Gasteiger partial charge < -0.3 is 14.4 Å². The summed E-state index contributed by atoms with van der Waals surface area (Å²) < 4.78 is 11.1. The third kappa shape index (κ3) is 3.91. The molecule has 2 aromatic rings. The van der Waals surface area contributed by atoms with Gasteiger partial charge in [-0.2, -0.15) is 5.10 Å². The Kier molecular flexibility index (Phi) is 5.10. The van der Waals surface area contributed by atoms with Crippen molar-refractivity contribution >= 4 is 6.09 Å².